The lowest BCUT2D eigenvalue weighted by atomic mass is 10.1. The van der Waals surface area contributed by atoms with Gasteiger partial charge in [-0.2, -0.15) is 11.8 Å². The number of hydrogen-bond acceptors (Lipinski definition) is 3. The van der Waals surface area contributed by atoms with E-state index in [1.165, 1.54) is 23.3 Å². The van der Waals surface area contributed by atoms with Gasteiger partial charge < -0.3 is 9.80 Å². The SMILES string of the molecule is O=C(c1ccc(CSCc2ccccc2)cc1)N1CCN(c2ccc(F)cc2)CC1. The van der Waals surface area contributed by atoms with Crippen LogP contribution in [0.3, 0.4) is 0 Å². The number of rotatable bonds is 6. The highest BCUT2D eigenvalue weighted by atomic mass is 32.2. The van der Waals surface area contributed by atoms with Gasteiger partial charge in [0.15, 0.2) is 0 Å². The van der Waals surface area contributed by atoms with E-state index in [-0.39, 0.29) is 11.7 Å². The number of hydrogen-bond donors (Lipinski definition) is 0. The fourth-order valence-corrected chi connectivity index (χ4v) is 4.57. The fourth-order valence-electron chi connectivity index (χ4n) is 3.61. The van der Waals surface area contributed by atoms with E-state index in [9.17, 15) is 9.18 Å². The second kappa shape index (κ2) is 9.81. The summed E-state index contributed by atoms with van der Waals surface area (Å²) in [6.45, 7) is 2.85. The van der Waals surface area contributed by atoms with Crippen LogP contribution >= 0.6 is 11.8 Å². The van der Waals surface area contributed by atoms with Crippen LogP contribution in [0.25, 0.3) is 0 Å². The molecule has 0 aliphatic carbocycles. The molecule has 4 rings (SSSR count). The molecule has 1 aliphatic rings. The summed E-state index contributed by atoms with van der Waals surface area (Å²) >= 11 is 1.88. The Labute approximate surface area is 181 Å². The van der Waals surface area contributed by atoms with E-state index in [1.54, 1.807) is 12.1 Å². The highest BCUT2D eigenvalue weighted by Crippen LogP contribution is 2.20. The third-order valence-electron chi connectivity index (χ3n) is 5.34. The zero-order valence-corrected chi connectivity index (χ0v) is 17.7. The maximum absolute atomic E-state index is 13.1. The summed E-state index contributed by atoms with van der Waals surface area (Å²) in [7, 11) is 0. The Bertz CT molecular complexity index is 953. The quantitative estimate of drug-likeness (QED) is 0.546. The zero-order valence-electron chi connectivity index (χ0n) is 16.8. The van der Waals surface area contributed by atoms with Gasteiger partial charge in [0.05, 0.1) is 0 Å². The molecule has 0 bridgehead atoms. The monoisotopic (exact) mass is 420 g/mol. The Morgan fingerprint density at radius 3 is 2.00 bits per heavy atom. The zero-order chi connectivity index (χ0) is 20.8. The van der Waals surface area contributed by atoms with Crippen LogP contribution in [0.1, 0.15) is 21.5 Å². The Hall–Kier alpha value is -2.79. The largest absolute Gasteiger partial charge is 0.368 e. The molecule has 1 amide bonds. The lowest BCUT2D eigenvalue weighted by Gasteiger charge is -2.36. The second-order valence-corrected chi connectivity index (χ2v) is 8.42. The van der Waals surface area contributed by atoms with Gasteiger partial charge in [-0.15, -0.1) is 0 Å². The first-order chi connectivity index (χ1) is 14.7. The summed E-state index contributed by atoms with van der Waals surface area (Å²) in [6, 6.07) is 25.0. The van der Waals surface area contributed by atoms with Crippen molar-refractivity contribution in [2.75, 3.05) is 31.1 Å². The standard InChI is InChI=1S/C25H25FN2OS/c26-23-10-12-24(13-11-23)27-14-16-28(17-15-27)25(29)22-8-6-21(7-9-22)19-30-18-20-4-2-1-3-5-20/h1-13H,14-19H2. The summed E-state index contributed by atoms with van der Waals surface area (Å²) in [5, 5.41) is 0. The van der Waals surface area contributed by atoms with Gasteiger partial charge in [-0.25, -0.2) is 4.39 Å². The summed E-state index contributed by atoms with van der Waals surface area (Å²) in [5.74, 6) is 1.77. The maximum atomic E-state index is 13.1. The van der Waals surface area contributed by atoms with Crippen molar-refractivity contribution < 1.29 is 9.18 Å². The van der Waals surface area contributed by atoms with Crippen molar-refractivity contribution in [3.8, 4) is 0 Å². The predicted octanol–water partition coefficient (Wildman–Crippen LogP) is 5.22. The van der Waals surface area contributed by atoms with Crippen LogP contribution in [0.2, 0.25) is 0 Å². The first-order valence-corrected chi connectivity index (χ1v) is 11.3. The average molecular weight is 421 g/mol. The Kier molecular flexibility index (Phi) is 6.70. The molecule has 0 saturated carbocycles. The van der Waals surface area contributed by atoms with Crippen LogP contribution in [-0.2, 0) is 11.5 Å². The van der Waals surface area contributed by atoms with Gasteiger partial charge in [0.2, 0.25) is 0 Å². The fraction of sp³-hybridized carbons (Fsp3) is 0.240. The Morgan fingerprint density at radius 2 is 1.37 bits per heavy atom. The molecule has 5 heteroatoms. The van der Waals surface area contributed by atoms with Gasteiger partial charge in [0.25, 0.3) is 5.91 Å². The van der Waals surface area contributed by atoms with E-state index in [1.807, 2.05) is 34.9 Å². The van der Waals surface area contributed by atoms with E-state index in [0.717, 1.165) is 35.8 Å². The maximum Gasteiger partial charge on any atom is 0.253 e. The molecule has 0 atom stereocenters. The van der Waals surface area contributed by atoms with Crippen LogP contribution in [0, 0.1) is 5.82 Å². The highest BCUT2D eigenvalue weighted by molar-refractivity contribution is 7.97. The molecule has 3 aromatic carbocycles. The van der Waals surface area contributed by atoms with Gasteiger partial charge >= 0.3 is 0 Å². The van der Waals surface area contributed by atoms with Crippen molar-refractivity contribution in [3.63, 3.8) is 0 Å². The number of carbonyl (C=O) groups is 1. The van der Waals surface area contributed by atoms with Crippen LogP contribution in [0.4, 0.5) is 10.1 Å². The lowest BCUT2D eigenvalue weighted by Crippen LogP contribution is -2.48. The summed E-state index contributed by atoms with van der Waals surface area (Å²) < 4.78 is 13.1. The van der Waals surface area contributed by atoms with Gasteiger partial charge in [-0.05, 0) is 47.5 Å². The third-order valence-corrected chi connectivity index (χ3v) is 6.41. The molecule has 30 heavy (non-hydrogen) atoms. The number of amides is 1. The summed E-state index contributed by atoms with van der Waals surface area (Å²) in [6.07, 6.45) is 0. The molecule has 154 valence electrons. The van der Waals surface area contributed by atoms with E-state index in [4.69, 9.17) is 0 Å². The van der Waals surface area contributed by atoms with Crippen molar-refractivity contribution in [2.24, 2.45) is 0 Å². The van der Waals surface area contributed by atoms with Crippen molar-refractivity contribution in [2.45, 2.75) is 11.5 Å². The Morgan fingerprint density at radius 1 is 0.767 bits per heavy atom. The number of halogens is 1. The molecule has 0 unspecified atom stereocenters. The minimum atomic E-state index is -0.227. The first kappa shape index (κ1) is 20.5. The van der Waals surface area contributed by atoms with E-state index in [2.05, 4.69) is 41.3 Å². The van der Waals surface area contributed by atoms with Gasteiger partial charge in [-0.1, -0.05) is 42.5 Å². The number of carbonyl (C=O) groups excluding carboxylic acids is 1. The highest BCUT2D eigenvalue weighted by Gasteiger charge is 2.22. The molecule has 1 heterocycles. The van der Waals surface area contributed by atoms with Gasteiger partial charge in [-0.3, -0.25) is 4.79 Å². The molecule has 0 N–H and O–H groups in total. The van der Waals surface area contributed by atoms with Crippen LogP contribution < -0.4 is 4.90 Å². The second-order valence-electron chi connectivity index (χ2n) is 7.43. The number of nitrogens with zero attached hydrogens (tertiary/aromatic N) is 2. The predicted molar refractivity (Wildman–Crippen MR) is 122 cm³/mol. The van der Waals surface area contributed by atoms with E-state index in [0.29, 0.717) is 13.1 Å². The minimum Gasteiger partial charge on any atom is -0.368 e. The van der Waals surface area contributed by atoms with E-state index >= 15 is 0 Å². The van der Waals surface area contributed by atoms with Crippen LogP contribution in [0.15, 0.2) is 78.9 Å². The summed E-state index contributed by atoms with van der Waals surface area (Å²) in [4.78, 5) is 16.9. The van der Waals surface area contributed by atoms with Crippen LogP contribution in [-0.4, -0.2) is 37.0 Å². The number of anilines is 1. The van der Waals surface area contributed by atoms with E-state index < -0.39 is 0 Å². The molecule has 1 saturated heterocycles. The number of thioether (sulfide) groups is 1. The van der Waals surface area contributed by atoms with Crippen molar-refractivity contribution in [1.82, 2.24) is 4.90 Å². The minimum absolute atomic E-state index is 0.0808. The van der Waals surface area contributed by atoms with Crippen LogP contribution in [0.5, 0.6) is 0 Å². The molecule has 0 spiro atoms. The topological polar surface area (TPSA) is 23.6 Å². The smallest absolute Gasteiger partial charge is 0.253 e. The van der Waals surface area contributed by atoms with Gasteiger partial charge in [0, 0.05) is 48.9 Å². The first-order valence-electron chi connectivity index (χ1n) is 10.2. The normalized spacial score (nSPS) is 14.0. The average Bonchev–Trinajstić information content (AvgIpc) is 2.80. The van der Waals surface area contributed by atoms with Gasteiger partial charge in [0.1, 0.15) is 5.82 Å². The summed E-state index contributed by atoms with van der Waals surface area (Å²) in [5.41, 5.74) is 4.30. The number of benzene rings is 3. The molecular formula is C25H25FN2OS. The molecule has 0 aromatic heterocycles. The van der Waals surface area contributed by atoms with Crippen molar-refractivity contribution in [3.05, 3.63) is 101 Å². The van der Waals surface area contributed by atoms with Crippen molar-refractivity contribution in [1.29, 1.82) is 0 Å². The molecule has 0 radical (unpaired) electrons. The molecular weight excluding hydrogens is 395 g/mol. The number of piperazine rings is 1. The Balaban J connectivity index is 1.27. The lowest BCUT2D eigenvalue weighted by molar-refractivity contribution is 0.0747. The molecule has 3 aromatic rings. The molecule has 3 nitrogen and oxygen atoms in total. The molecule has 1 aliphatic heterocycles. The molecule has 1 fully saturated rings. The van der Waals surface area contributed by atoms with Crippen molar-refractivity contribution >= 4 is 23.4 Å². The third kappa shape index (κ3) is 5.22.